The second-order valence-corrected chi connectivity index (χ2v) is 16.1. The Morgan fingerprint density at radius 1 is 0.780 bits per heavy atom. The summed E-state index contributed by atoms with van der Waals surface area (Å²) in [5.74, 6) is -0.236. The molecule has 0 spiro atoms. The van der Waals surface area contributed by atoms with Crippen molar-refractivity contribution in [3.05, 3.63) is 104 Å². The van der Waals surface area contributed by atoms with E-state index in [9.17, 15) is 30.0 Å². The molecule has 0 aliphatic heterocycles. The normalized spacial score (nSPS) is 11.1. The van der Waals surface area contributed by atoms with Crippen molar-refractivity contribution in [2.24, 2.45) is 5.14 Å². The van der Waals surface area contributed by atoms with Crippen molar-refractivity contribution in [1.29, 1.82) is 0 Å². The van der Waals surface area contributed by atoms with Crippen molar-refractivity contribution in [3.8, 4) is 11.3 Å². The zero-order valence-electron chi connectivity index (χ0n) is 25.7. The number of carbonyl (C=O) groups is 1. The van der Waals surface area contributed by atoms with Crippen LogP contribution in [0.2, 0.25) is 0 Å². The summed E-state index contributed by atoms with van der Waals surface area (Å²) in [5, 5.41) is 7.97. The number of aromatic nitrogens is 6. The van der Waals surface area contributed by atoms with Crippen molar-refractivity contribution in [2.45, 2.75) is 21.6 Å². The molecule has 5 heterocycles. The number of amides is 1. The molecule has 0 aliphatic carbocycles. The van der Waals surface area contributed by atoms with Gasteiger partial charge in [0.1, 0.15) is 14.7 Å². The van der Waals surface area contributed by atoms with E-state index in [0.29, 0.717) is 10.8 Å². The predicted molar refractivity (Wildman–Crippen MR) is 188 cm³/mol. The highest BCUT2D eigenvalue weighted by atomic mass is 35.7. The van der Waals surface area contributed by atoms with Gasteiger partial charge in [-0.25, -0.2) is 50.1 Å². The van der Waals surface area contributed by atoms with E-state index in [1.807, 2.05) is 18.2 Å². The van der Waals surface area contributed by atoms with Crippen LogP contribution in [0.25, 0.3) is 21.5 Å². The number of nitrogens with two attached hydrogens (primary N) is 1. The molecule has 6 rings (SSSR count). The molecule has 17 nitrogen and oxygen atoms in total. The third-order valence-electron chi connectivity index (χ3n) is 5.67. The van der Waals surface area contributed by atoms with Gasteiger partial charge in [-0.1, -0.05) is 17.4 Å². The lowest BCUT2D eigenvalue weighted by Gasteiger charge is -2.07. The van der Waals surface area contributed by atoms with Gasteiger partial charge in [0.05, 0.1) is 15.9 Å². The van der Waals surface area contributed by atoms with Gasteiger partial charge in [0, 0.05) is 66.5 Å². The van der Waals surface area contributed by atoms with Crippen LogP contribution in [0.4, 0.5) is 11.1 Å². The minimum Gasteiger partial charge on any atom is -0.344 e. The maximum Gasteiger partial charge on any atom is 0.265 e. The maximum atomic E-state index is 12.4. The average Bonchev–Trinajstić information content (AvgIpc) is 3.47. The number of benzene rings is 1. The van der Waals surface area contributed by atoms with E-state index in [1.54, 1.807) is 6.07 Å². The molecule has 0 saturated carbocycles. The molecule has 0 fully saturated rings. The minimum absolute atomic E-state index is 0. The lowest BCUT2D eigenvalue weighted by Crippen LogP contribution is -2.15. The number of hydrogen-bond donors (Lipinski definition) is 4. The lowest BCUT2D eigenvalue weighted by atomic mass is 10.1. The van der Waals surface area contributed by atoms with Gasteiger partial charge in [-0.05, 0) is 54.6 Å². The molecular weight excluding hydrogens is 752 g/mol. The van der Waals surface area contributed by atoms with E-state index in [2.05, 4.69) is 39.9 Å². The zero-order valence-corrected chi connectivity index (χ0v) is 29.7. The predicted octanol–water partition coefficient (Wildman–Crippen LogP) is 3.81. The first kappa shape index (κ1) is 39.4. The summed E-state index contributed by atoms with van der Waals surface area (Å²) < 4.78 is 70.4. The van der Waals surface area contributed by atoms with Gasteiger partial charge >= 0.3 is 0 Å². The van der Waals surface area contributed by atoms with Crippen molar-refractivity contribution in [2.75, 3.05) is 10.0 Å². The van der Waals surface area contributed by atoms with E-state index in [4.69, 9.17) is 15.8 Å². The largest absolute Gasteiger partial charge is 0.344 e. The quantitative estimate of drug-likeness (QED) is 0.168. The number of sulfonamides is 2. The van der Waals surface area contributed by atoms with Crippen molar-refractivity contribution in [3.63, 3.8) is 0 Å². The van der Waals surface area contributed by atoms with Crippen molar-refractivity contribution >= 4 is 78.3 Å². The number of fused-ring (bicyclic) bond motifs is 1. The summed E-state index contributed by atoms with van der Waals surface area (Å²) in [7, 11) is -6.01. The first-order valence-electron chi connectivity index (χ1n) is 13.3. The fourth-order valence-corrected chi connectivity index (χ4v) is 6.59. The number of primary sulfonamides is 1. The number of nitrogens with one attached hydrogen (secondary N) is 2. The molecule has 0 atom stereocenters. The minimum atomic E-state index is -3.84. The monoisotopic (exact) mass is 778 g/mol. The fourth-order valence-electron chi connectivity index (χ4n) is 3.55. The van der Waals surface area contributed by atoms with Gasteiger partial charge < -0.3 is 11.5 Å². The number of carbonyl (C=O) groups excluding carboxylic acids is 1. The Labute approximate surface area is 295 Å². The molecule has 50 heavy (non-hydrogen) atoms. The average molecular weight is 779 g/mol. The molecule has 262 valence electrons. The summed E-state index contributed by atoms with van der Waals surface area (Å²) in [5.41, 5.74) is 2.05. The Hall–Kier alpha value is -5.03. The van der Waals surface area contributed by atoms with E-state index in [1.165, 1.54) is 98.0 Å². The Balaban J connectivity index is 0.000000263. The lowest BCUT2D eigenvalue weighted by molar-refractivity contribution is -0.114. The van der Waals surface area contributed by atoms with Gasteiger partial charge in [-0.3, -0.25) is 19.7 Å². The second kappa shape index (κ2) is 17.1. The summed E-state index contributed by atoms with van der Waals surface area (Å²) >= 11 is 1.34. The summed E-state index contributed by atoms with van der Waals surface area (Å²) in [6.45, 7) is 1.42. The number of nitrogens with zero attached hydrogens (tertiary/aromatic N) is 6. The van der Waals surface area contributed by atoms with Crippen LogP contribution >= 0.6 is 22.0 Å². The summed E-state index contributed by atoms with van der Waals surface area (Å²) in [4.78, 5) is 34.9. The third-order valence-corrected chi connectivity index (χ3v) is 10.2. The van der Waals surface area contributed by atoms with Gasteiger partial charge in [0.2, 0.25) is 21.9 Å². The first-order valence-corrected chi connectivity index (χ1v) is 19.5. The Kier molecular flexibility index (Phi) is 13.5. The molecule has 0 radical (unpaired) electrons. The number of pyridine rings is 3. The molecule has 0 aliphatic rings. The Morgan fingerprint density at radius 2 is 1.36 bits per heavy atom. The summed E-state index contributed by atoms with van der Waals surface area (Å²) in [6, 6.07) is 16.0. The highest BCUT2D eigenvalue weighted by Crippen LogP contribution is 2.30. The SMILES string of the molecule is CC(=O)Nc1nc2ccc(-c3ccnc(NS(=O)(=O)c4cccnc4)n3)cc2s1.N.NS(=O)(=O)c1cccnc1.O=S(=O)(Cl)c1cccnc1. The number of anilines is 2. The molecule has 22 heteroatoms. The molecule has 0 unspecified atom stereocenters. The van der Waals surface area contributed by atoms with Crippen LogP contribution in [0.3, 0.4) is 0 Å². The van der Waals surface area contributed by atoms with Crippen molar-refractivity contribution in [1.82, 2.24) is 36.1 Å². The van der Waals surface area contributed by atoms with Crippen LogP contribution in [-0.4, -0.2) is 61.1 Å². The molecule has 1 amide bonds. The first-order chi connectivity index (χ1) is 23.1. The third kappa shape index (κ3) is 11.5. The van der Waals surface area contributed by atoms with Crippen LogP contribution < -0.4 is 21.3 Å². The molecule has 0 bridgehead atoms. The zero-order chi connectivity index (χ0) is 35.7. The molecule has 1 aromatic carbocycles. The Bertz CT molecular complexity index is 2320. The molecule has 6 aromatic rings. The fraction of sp³-hybridized carbons (Fsp3) is 0.0357. The summed E-state index contributed by atoms with van der Waals surface area (Å²) in [6.07, 6.45) is 9.57. The van der Waals surface area contributed by atoms with E-state index < -0.39 is 29.1 Å². The maximum absolute atomic E-state index is 12.4. The number of halogens is 1. The van der Waals surface area contributed by atoms with Gasteiger partial charge in [-0.2, -0.15) is 0 Å². The smallest absolute Gasteiger partial charge is 0.265 e. The van der Waals surface area contributed by atoms with Gasteiger partial charge in [-0.15, -0.1) is 0 Å². The van der Waals surface area contributed by atoms with E-state index >= 15 is 0 Å². The molecule has 5 aromatic heterocycles. The topological polar surface area (TPSA) is 282 Å². The van der Waals surface area contributed by atoms with Crippen LogP contribution in [0.1, 0.15) is 6.92 Å². The standard InChI is InChI=1S/C18H14N6O3S2.C5H4ClNO2S.C5H6N2O2S.H3N/c1-11(25)21-18-23-15-5-4-12(9-16(15)28-18)14-6-8-20-17(22-14)24-29(26,27)13-3-2-7-19-10-13;2*6-10(8,9)5-2-1-3-7-4-5;/h2-10H,1H3,(H,20,22,24)(H,21,23,25);1-4H;1-4H,(H2,6,8,9);1H3. The van der Waals surface area contributed by atoms with Crippen LogP contribution in [0, 0.1) is 0 Å². The molecule has 7 N–H and O–H groups in total. The van der Waals surface area contributed by atoms with E-state index in [-0.39, 0.29) is 32.7 Å². The van der Waals surface area contributed by atoms with Crippen LogP contribution in [0.5, 0.6) is 0 Å². The van der Waals surface area contributed by atoms with E-state index in [0.717, 1.165) is 15.8 Å². The van der Waals surface area contributed by atoms with Gasteiger partial charge in [0.15, 0.2) is 5.13 Å². The second-order valence-electron chi connectivity index (χ2n) is 9.30. The molecule has 0 saturated heterocycles. The van der Waals surface area contributed by atoms with Gasteiger partial charge in [0.25, 0.3) is 19.1 Å². The number of thiazole rings is 1. The number of rotatable bonds is 7. The highest BCUT2D eigenvalue weighted by Gasteiger charge is 2.16. The number of hydrogen-bond acceptors (Lipinski definition) is 15. The highest BCUT2D eigenvalue weighted by molar-refractivity contribution is 8.13. The van der Waals surface area contributed by atoms with Crippen LogP contribution in [0.15, 0.2) is 119 Å². The van der Waals surface area contributed by atoms with Crippen molar-refractivity contribution < 1.29 is 30.0 Å². The Morgan fingerprint density at radius 3 is 1.84 bits per heavy atom. The van der Waals surface area contributed by atoms with Crippen LogP contribution in [-0.2, 0) is 33.9 Å². The molecular formula is C28H27ClN10O7S4.